The molecule has 2 N–H and O–H groups in total. The number of nitrogens with one attached hydrogen (secondary N) is 2. The van der Waals surface area contributed by atoms with Gasteiger partial charge in [0.2, 0.25) is 0 Å². The Morgan fingerprint density at radius 1 is 0.840 bits per heavy atom. The van der Waals surface area contributed by atoms with Gasteiger partial charge in [0.15, 0.2) is 0 Å². The molecule has 0 bridgehead atoms. The third kappa shape index (κ3) is 4.27. The van der Waals surface area contributed by atoms with Gasteiger partial charge in [-0.3, -0.25) is 10.2 Å². The number of nitrogens with zero attached hydrogens (tertiary/aromatic N) is 1. The molecule has 0 aliphatic heterocycles. The number of rotatable bonds is 4. The fraction of sp³-hybridized carbons (Fsp3) is 0.333. The molecule has 0 heterocycles. The number of benzene rings is 2. The normalized spacial score (nSPS) is 11.4. The van der Waals surface area contributed by atoms with Crippen molar-refractivity contribution in [3.05, 3.63) is 57.6 Å². The van der Waals surface area contributed by atoms with Gasteiger partial charge in [-0.05, 0) is 88.4 Å². The second kappa shape index (κ2) is 7.51. The van der Waals surface area contributed by atoms with E-state index >= 15 is 0 Å². The zero-order valence-corrected chi connectivity index (χ0v) is 16.2. The molecule has 0 saturated heterocycles. The Morgan fingerprint density at radius 3 is 2.16 bits per heavy atom. The summed E-state index contributed by atoms with van der Waals surface area (Å²) in [5.74, 6) is -0.206. The number of aryl methyl sites for hydroxylation is 3. The first kappa shape index (κ1) is 18.7. The average molecular weight is 337 g/mol. The molecule has 2 aromatic carbocycles. The number of carbonyl (C=O) groups is 1. The van der Waals surface area contributed by atoms with Crippen molar-refractivity contribution >= 4 is 23.0 Å². The van der Waals surface area contributed by atoms with E-state index in [1.807, 2.05) is 39.0 Å². The zero-order chi connectivity index (χ0) is 18.7. The molecule has 0 spiro atoms. The SMILES string of the molecule is C/C(=N/Nc1ccc(C)cc1C)C(=O)Nc1cc(C)c(C)c(C)c1C. The van der Waals surface area contributed by atoms with Crippen LogP contribution in [0.5, 0.6) is 0 Å². The Labute approximate surface area is 150 Å². The molecule has 0 fully saturated rings. The maximum atomic E-state index is 12.5. The van der Waals surface area contributed by atoms with Crippen LogP contribution in [0.25, 0.3) is 0 Å². The highest BCUT2D eigenvalue weighted by atomic mass is 16.1. The number of hydrogen-bond donors (Lipinski definition) is 2. The highest BCUT2D eigenvalue weighted by molar-refractivity contribution is 6.42. The summed E-state index contributed by atoms with van der Waals surface area (Å²) in [6, 6.07) is 8.08. The molecular weight excluding hydrogens is 310 g/mol. The molecule has 0 unspecified atom stereocenters. The van der Waals surface area contributed by atoms with Crippen molar-refractivity contribution in [2.45, 2.75) is 48.5 Å². The lowest BCUT2D eigenvalue weighted by Gasteiger charge is -2.15. The minimum atomic E-state index is -0.206. The molecular formula is C21H27N3O. The van der Waals surface area contributed by atoms with E-state index in [2.05, 4.69) is 42.7 Å². The Kier molecular flexibility index (Phi) is 5.62. The van der Waals surface area contributed by atoms with Crippen molar-refractivity contribution < 1.29 is 4.79 Å². The Hall–Kier alpha value is -2.62. The summed E-state index contributed by atoms with van der Waals surface area (Å²) < 4.78 is 0. The van der Waals surface area contributed by atoms with Gasteiger partial charge in [0.1, 0.15) is 5.71 Å². The zero-order valence-electron chi connectivity index (χ0n) is 16.2. The first-order chi connectivity index (χ1) is 11.7. The van der Waals surface area contributed by atoms with E-state index in [0.717, 1.165) is 22.5 Å². The van der Waals surface area contributed by atoms with E-state index < -0.39 is 0 Å². The van der Waals surface area contributed by atoms with Crippen LogP contribution in [-0.4, -0.2) is 11.6 Å². The maximum absolute atomic E-state index is 12.5. The largest absolute Gasteiger partial charge is 0.321 e. The predicted molar refractivity (Wildman–Crippen MR) is 107 cm³/mol. The van der Waals surface area contributed by atoms with Crippen LogP contribution < -0.4 is 10.7 Å². The molecule has 2 aromatic rings. The smallest absolute Gasteiger partial charge is 0.271 e. The lowest BCUT2D eigenvalue weighted by Crippen LogP contribution is -2.22. The summed E-state index contributed by atoms with van der Waals surface area (Å²) in [6.45, 7) is 14.0. The fourth-order valence-corrected chi connectivity index (χ4v) is 2.69. The first-order valence-corrected chi connectivity index (χ1v) is 8.47. The van der Waals surface area contributed by atoms with Crippen molar-refractivity contribution in [1.29, 1.82) is 0 Å². The Balaban J connectivity index is 2.15. The van der Waals surface area contributed by atoms with Crippen LogP contribution in [0.2, 0.25) is 0 Å². The minimum absolute atomic E-state index is 0.206. The molecule has 4 heteroatoms. The van der Waals surface area contributed by atoms with E-state index in [-0.39, 0.29) is 5.91 Å². The molecule has 4 nitrogen and oxygen atoms in total. The van der Waals surface area contributed by atoms with Crippen LogP contribution in [0.15, 0.2) is 29.4 Å². The van der Waals surface area contributed by atoms with Crippen LogP contribution in [0.3, 0.4) is 0 Å². The van der Waals surface area contributed by atoms with Gasteiger partial charge in [0.25, 0.3) is 5.91 Å². The summed E-state index contributed by atoms with van der Waals surface area (Å²) in [7, 11) is 0. The molecule has 1 amide bonds. The topological polar surface area (TPSA) is 53.5 Å². The molecule has 132 valence electrons. The van der Waals surface area contributed by atoms with Gasteiger partial charge >= 0.3 is 0 Å². The summed E-state index contributed by atoms with van der Waals surface area (Å²) in [6.07, 6.45) is 0. The summed E-state index contributed by atoms with van der Waals surface area (Å²) in [4.78, 5) is 12.5. The van der Waals surface area contributed by atoms with E-state index in [1.165, 1.54) is 22.3 Å². The van der Waals surface area contributed by atoms with E-state index in [4.69, 9.17) is 0 Å². The van der Waals surface area contributed by atoms with Gasteiger partial charge in [0.05, 0.1) is 5.69 Å². The Morgan fingerprint density at radius 2 is 1.52 bits per heavy atom. The van der Waals surface area contributed by atoms with Crippen molar-refractivity contribution in [2.24, 2.45) is 5.10 Å². The number of carbonyl (C=O) groups excluding carboxylic acids is 1. The van der Waals surface area contributed by atoms with Crippen molar-refractivity contribution in [1.82, 2.24) is 0 Å². The van der Waals surface area contributed by atoms with Gasteiger partial charge in [-0.25, -0.2) is 0 Å². The standard InChI is InChI=1S/C21H27N3O/c1-12-8-9-19(14(3)10-12)24-23-18(7)21(25)22-20-11-13(2)15(4)16(5)17(20)6/h8-11,24H,1-7H3,(H,22,25)/b23-18-. The summed E-state index contributed by atoms with van der Waals surface area (Å²) in [5, 5.41) is 7.20. The molecule has 0 aliphatic rings. The maximum Gasteiger partial charge on any atom is 0.271 e. The third-order valence-electron chi connectivity index (χ3n) is 4.78. The molecule has 0 radical (unpaired) electrons. The quantitative estimate of drug-likeness (QED) is 0.612. The van der Waals surface area contributed by atoms with Crippen LogP contribution in [-0.2, 0) is 4.79 Å². The third-order valence-corrected chi connectivity index (χ3v) is 4.78. The van der Waals surface area contributed by atoms with Crippen LogP contribution in [0.4, 0.5) is 11.4 Å². The molecule has 25 heavy (non-hydrogen) atoms. The lowest BCUT2D eigenvalue weighted by molar-refractivity contribution is -0.110. The van der Waals surface area contributed by atoms with Crippen molar-refractivity contribution in [3.63, 3.8) is 0 Å². The van der Waals surface area contributed by atoms with Crippen LogP contribution in [0, 0.1) is 41.5 Å². The van der Waals surface area contributed by atoms with E-state index in [9.17, 15) is 4.79 Å². The molecule has 0 atom stereocenters. The highest BCUT2D eigenvalue weighted by Crippen LogP contribution is 2.25. The lowest BCUT2D eigenvalue weighted by atomic mass is 9.98. The predicted octanol–water partition coefficient (Wildman–Crippen LogP) is 4.96. The number of amides is 1. The minimum Gasteiger partial charge on any atom is -0.321 e. The van der Waals surface area contributed by atoms with Gasteiger partial charge in [0, 0.05) is 5.69 Å². The molecule has 0 aliphatic carbocycles. The van der Waals surface area contributed by atoms with Crippen LogP contribution in [0.1, 0.15) is 40.3 Å². The van der Waals surface area contributed by atoms with Crippen molar-refractivity contribution in [3.8, 4) is 0 Å². The van der Waals surface area contributed by atoms with Crippen molar-refractivity contribution in [2.75, 3.05) is 10.7 Å². The fourth-order valence-electron chi connectivity index (χ4n) is 2.69. The van der Waals surface area contributed by atoms with E-state index in [1.54, 1.807) is 6.92 Å². The number of hydrogen-bond acceptors (Lipinski definition) is 3. The highest BCUT2D eigenvalue weighted by Gasteiger charge is 2.12. The second-order valence-electron chi connectivity index (χ2n) is 6.70. The van der Waals surface area contributed by atoms with E-state index in [0.29, 0.717) is 5.71 Å². The molecule has 0 saturated carbocycles. The Bertz CT molecular complexity index is 851. The van der Waals surface area contributed by atoms with Crippen LogP contribution >= 0.6 is 0 Å². The van der Waals surface area contributed by atoms with Gasteiger partial charge in [-0.2, -0.15) is 5.10 Å². The van der Waals surface area contributed by atoms with Gasteiger partial charge in [-0.15, -0.1) is 0 Å². The number of hydrazone groups is 1. The molecule has 2 rings (SSSR count). The summed E-state index contributed by atoms with van der Waals surface area (Å²) >= 11 is 0. The van der Waals surface area contributed by atoms with Gasteiger partial charge in [-0.1, -0.05) is 17.7 Å². The summed E-state index contributed by atoms with van der Waals surface area (Å²) in [5.41, 5.74) is 12.1. The molecule has 0 aromatic heterocycles. The second-order valence-corrected chi connectivity index (χ2v) is 6.70. The first-order valence-electron chi connectivity index (χ1n) is 8.47. The van der Waals surface area contributed by atoms with Gasteiger partial charge < -0.3 is 5.32 Å². The average Bonchev–Trinajstić information content (AvgIpc) is 2.56. The number of anilines is 2. The monoisotopic (exact) mass is 337 g/mol.